The van der Waals surface area contributed by atoms with E-state index < -0.39 is 6.04 Å². The Bertz CT molecular complexity index is 899. The van der Waals surface area contributed by atoms with Gasteiger partial charge in [0, 0.05) is 38.8 Å². The number of hydrogen-bond donors (Lipinski definition) is 2. The summed E-state index contributed by atoms with van der Waals surface area (Å²) in [5.41, 5.74) is 6.95. The maximum Gasteiger partial charge on any atom is 0.264 e. The molecule has 4 rings (SSSR count). The van der Waals surface area contributed by atoms with Gasteiger partial charge in [0.05, 0.1) is 4.88 Å². The first-order chi connectivity index (χ1) is 16.7. The van der Waals surface area contributed by atoms with E-state index in [-0.39, 0.29) is 17.9 Å². The molecule has 1 aromatic carbocycles. The van der Waals surface area contributed by atoms with E-state index in [4.69, 9.17) is 5.73 Å². The standard InChI is InChI=1S/C27H38N4O2S/c28-14-15-29-26(32)24-18-23(20-31(24)27(33)25-12-7-17-34-25)30(19-22-10-5-2-6-11-22)16-13-21-8-3-1-4-9-21/h1,3-4,7-9,12,17,22-24H,2,5-6,10-11,13-16,18-20,28H2,(H,29,32). The summed E-state index contributed by atoms with van der Waals surface area (Å²) in [7, 11) is 0. The molecule has 2 aromatic rings. The highest BCUT2D eigenvalue weighted by molar-refractivity contribution is 7.12. The van der Waals surface area contributed by atoms with Gasteiger partial charge in [-0.3, -0.25) is 14.5 Å². The van der Waals surface area contributed by atoms with Crippen molar-refractivity contribution in [2.45, 2.75) is 57.0 Å². The molecule has 0 bridgehead atoms. The molecular formula is C27H38N4O2S. The molecule has 1 aliphatic heterocycles. The second-order valence-electron chi connectivity index (χ2n) is 9.65. The Kier molecular flexibility index (Phi) is 9.13. The fourth-order valence-electron chi connectivity index (χ4n) is 5.45. The largest absolute Gasteiger partial charge is 0.353 e. The quantitative estimate of drug-likeness (QED) is 0.543. The third-order valence-corrected chi connectivity index (χ3v) is 8.14. The Balaban J connectivity index is 1.51. The second kappa shape index (κ2) is 12.5. The zero-order valence-corrected chi connectivity index (χ0v) is 20.8. The average molecular weight is 483 g/mol. The van der Waals surface area contributed by atoms with Crippen LogP contribution in [0, 0.1) is 5.92 Å². The van der Waals surface area contributed by atoms with Crippen LogP contribution >= 0.6 is 11.3 Å². The Morgan fingerprint density at radius 3 is 2.59 bits per heavy atom. The van der Waals surface area contributed by atoms with Gasteiger partial charge in [-0.1, -0.05) is 55.7 Å². The first kappa shape index (κ1) is 24.9. The Labute approximate surface area is 207 Å². The molecule has 0 spiro atoms. The van der Waals surface area contributed by atoms with Crippen LogP contribution in [0.1, 0.15) is 53.8 Å². The minimum atomic E-state index is -0.447. The Hall–Kier alpha value is -2.22. The van der Waals surface area contributed by atoms with Gasteiger partial charge in [-0.25, -0.2) is 0 Å². The molecule has 1 saturated heterocycles. The van der Waals surface area contributed by atoms with Crippen LogP contribution in [0.15, 0.2) is 47.8 Å². The van der Waals surface area contributed by atoms with Gasteiger partial charge in [-0.15, -0.1) is 11.3 Å². The molecule has 2 atom stereocenters. The summed E-state index contributed by atoms with van der Waals surface area (Å²) < 4.78 is 0. The van der Waals surface area contributed by atoms with E-state index in [0.717, 1.165) is 19.5 Å². The molecule has 2 fully saturated rings. The third-order valence-electron chi connectivity index (χ3n) is 7.28. The van der Waals surface area contributed by atoms with Gasteiger partial charge in [-0.05, 0) is 48.6 Å². The number of amides is 2. The molecule has 2 unspecified atom stereocenters. The number of benzene rings is 1. The van der Waals surface area contributed by atoms with Gasteiger partial charge < -0.3 is 16.0 Å². The molecular weight excluding hydrogens is 444 g/mol. The minimum Gasteiger partial charge on any atom is -0.353 e. The number of likely N-dealkylation sites (tertiary alicyclic amines) is 1. The van der Waals surface area contributed by atoms with E-state index in [2.05, 4.69) is 40.5 Å². The van der Waals surface area contributed by atoms with Crippen LogP contribution in [0.5, 0.6) is 0 Å². The number of nitrogens with one attached hydrogen (secondary N) is 1. The summed E-state index contributed by atoms with van der Waals surface area (Å²) >= 11 is 1.44. The Morgan fingerprint density at radius 2 is 1.88 bits per heavy atom. The van der Waals surface area contributed by atoms with E-state index in [9.17, 15) is 9.59 Å². The van der Waals surface area contributed by atoms with Gasteiger partial charge in [0.1, 0.15) is 6.04 Å². The van der Waals surface area contributed by atoms with Crippen LogP contribution in [0.25, 0.3) is 0 Å². The minimum absolute atomic E-state index is 0.0360. The normalized spacial score (nSPS) is 21.2. The fraction of sp³-hybridized carbons (Fsp3) is 0.556. The van der Waals surface area contributed by atoms with Gasteiger partial charge in [-0.2, -0.15) is 0 Å². The molecule has 7 heteroatoms. The average Bonchev–Trinajstić information content (AvgIpc) is 3.57. The smallest absolute Gasteiger partial charge is 0.264 e. The van der Waals surface area contributed by atoms with Gasteiger partial charge in [0.15, 0.2) is 0 Å². The number of hydrogen-bond acceptors (Lipinski definition) is 5. The molecule has 0 radical (unpaired) electrons. The van der Waals surface area contributed by atoms with E-state index in [1.807, 2.05) is 17.5 Å². The number of carbonyl (C=O) groups is 2. The molecule has 3 N–H and O–H groups in total. The topological polar surface area (TPSA) is 78.7 Å². The molecule has 6 nitrogen and oxygen atoms in total. The van der Waals surface area contributed by atoms with Gasteiger partial charge in [0.25, 0.3) is 5.91 Å². The molecule has 34 heavy (non-hydrogen) atoms. The SMILES string of the molecule is NCCNC(=O)C1CC(N(CCc2ccccc2)CC2CCCCC2)CN1C(=O)c1cccs1. The van der Waals surface area contributed by atoms with Crippen LogP contribution in [-0.2, 0) is 11.2 Å². The fourth-order valence-corrected chi connectivity index (χ4v) is 6.13. The second-order valence-corrected chi connectivity index (χ2v) is 10.6. The molecule has 2 heterocycles. The van der Waals surface area contributed by atoms with Crippen LogP contribution in [0.3, 0.4) is 0 Å². The highest BCUT2D eigenvalue weighted by Crippen LogP contribution is 2.30. The van der Waals surface area contributed by atoms with Gasteiger partial charge >= 0.3 is 0 Å². The molecule has 2 amide bonds. The van der Waals surface area contributed by atoms with Crippen molar-refractivity contribution in [3.8, 4) is 0 Å². The number of thiophene rings is 1. The number of nitrogens with zero attached hydrogens (tertiary/aromatic N) is 2. The van der Waals surface area contributed by atoms with Crippen molar-refractivity contribution in [1.82, 2.24) is 15.1 Å². The summed E-state index contributed by atoms with van der Waals surface area (Å²) in [6.07, 6.45) is 8.20. The molecule has 2 aliphatic rings. The van der Waals surface area contributed by atoms with Crippen molar-refractivity contribution in [1.29, 1.82) is 0 Å². The van der Waals surface area contributed by atoms with Crippen molar-refractivity contribution in [3.05, 3.63) is 58.3 Å². The lowest BCUT2D eigenvalue weighted by atomic mass is 9.88. The predicted molar refractivity (Wildman–Crippen MR) is 138 cm³/mol. The van der Waals surface area contributed by atoms with Crippen molar-refractivity contribution in [2.24, 2.45) is 11.7 Å². The zero-order chi connectivity index (χ0) is 23.8. The molecule has 1 aromatic heterocycles. The summed E-state index contributed by atoms with van der Waals surface area (Å²) in [5.74, 6) is 0.584. The predicted octanol–water partition coefficient (Wildman–Crippen LogP) is 3.53. The molecule has 1 saturated carbocycles. The first-order valence-electron chi connectivity index (χ1n) is 12.8. The summed E-state index contributed by atoms with van der Waals surface area (Å²) in [6.45, 7) is 3.42. The lowest BCUT2D eigenvalue weighted by Crippen LogP contribution is -2.46. The summed E-state index contributed by atoms with van der Waals surface area (Å²) in [4.78, 5) is 31.5. The molecule has 1 aliphatic carbocycles. The highest BCUT2D eigenvalue weighted by Gasteiger charge is 2.42. The van der Waals surface area contributed by atoms with E-state index >= 15 is 0 Å². The van der Waals surface area contributed by atoms with Crippen LogP contribution in [-0.4, -0.2) is 66.4 Å². The van der Waals surface area contributed by atoms with Gasteiger partial charge in [0.2, 0.25) is 5.91 Å². The van der Waals surface area contributed by atoms with Crippen molar-refractivity contribution in [2.75, 3.05) is 32.7 Å². The lowest BCUT2D eigenvalue weighted by Gasteiger charge is -2.34. The number of rotatable bonds is 10. The van der Waals surface area contributed by atoms with E-state index in [1.165, 1.54) is 49.0 Å². The third kappa shape index (κ3) is 6.46. The van der Waals surface area contributed by atoms with Crippen molar-refractivity contribution < 1.29 is 9.59 Å². The van der Waals surface area contributed by atoms with Crippen LogP contribution in [0.2, 0.25) is 0 Å². The number of carbonyl (C=O) groups excluding carboxylic acids is 2. The maximum atomic E-state index is 13.3. The first-order valence-corrected chi connectivity index (χ1v) is 13.6. The summed E-state index contributed by atoms with van der Waals surface area (Å²) in [5, 5.41) is 4.85. The summed E-state index contributed by atoms with van der Waals surface area (Å²) in [6, 6.07) is 14.1. The Morgan fingerprint density at radius 1 is 1.09 bits per heavy atom. The molecule has 184 valence electrons. The van der Waals surface area contributed by atoms with Crippen molar-refractivity contribution >= 4 is 23.2 Å². The maximum absolute atomic E-state index is 13.3. The van der Waals surface area contributed by atoms with E-state index in [0.29, 0.717) is 36.9 Å². The van der Waals surface area contributed by atoms with Crippen molar-refractivity contribution in [3.63, 3.8) is 0 Å². The number of nitrogens with two attached hydrogens (primary N) is 1. The van der Waals surface area contributed by atoms with Crippen LogP contribution < -0.4 is 11.1 Å². The lowest BCUT2D eigenvalue weighted by molar-refractivity contribution is -0.124. The van der Waals surface area contributed by atoms with E-state index in [1.54, 1.807) is 4.90 Å². The highest BCUT2D eigenvalue weighted by atomic mass is 32.1. The monoisotopic (exact) mass is 482 g/mol. The van der Waals surface area contributed by atoms with Crippen LogP contribution in [0.4, 0.5) is 0 Å². The zero-order valence-electron chi connectivity index (χ0n) is 20.0.